The molecule has 2 bridgehead atoms. The largest absolute Gasteiger partial charge is 0.337 e. The highest BCUT2D eigenvalue weighted by atomic mass is 16.5. The summed E-state index contributed by atoms with van der Waals surface area (Å²) in [5.41, 5.74) is 0. The number of hydrogen-bond acceptors (Lipinski definition) is 4. The predicted molar refractivity (Wildman–Crippen MR) is 49.9 cm³/mol. The van der Waals surface area contributed by atoms with Crippen LogP contribution in [-0.4, -0.2) is 45.6 Å². The van der Waals surface area contributed by atoms with Gasteiger partial charge >= 0.3 is 6.03 Å². The van der Waals surface area contributed by atoms with Gasteiger partial charge in [0.25, 0.3) is 0 Å². The molecule has 0 saturated carbocycles. The number of urea groups is 1. The van der Waals surface area contributed by atoms with E-state index in [4.69, 9.17) is 4.52 Å². The Morgan fingerprint density at radius 3 is 3.13 bits per heavy atom. The summed E-state index contributed by atoms with van der Waals surface area (Å²) in [4.78, 5) is 19.5. The Morgan fingerprint density at radius 1 is 1.53 bits per heavy atom. The van der Waals surface area contributed by atoms with Crippen molar-refractivity contribution in [3.05, 3.63) is 12.2 Å². The van der Waals surface area contributed by atoms with Gasteiger partial charge in [-0.05, 0) is 12.8 Å². The molecular formula is C9H12N4O2. The van der Waals surface area contributed by atoms with Crippen molar-refractivity contribution in [1.29, 1.82) is 0 Å². The Hall–Kier alpha value is -1.59. The van der Waals surface area contributed by atoms with E-state index in [0.29, 0.717) is 11.9 Å². The fraction of sp³-hybridized carbons (Fsp3) is 0.667. The maximum absolute atomic E-state index is 11.9. The lowest BCUT2D eigenvalue weighted by Gasteiger charge is -2.27. The Labute approximate surface area is 86.8 Å². The van der Waals surface area contributed by atoms with E-state index in [1.165, 1.54) is 6.33 Å². The van der Waals surface area contributed by atoms with Crippen molar-refractivity contribution in [3.63, 3.8) is 0 Å². The first-order valence-corrected chi connectivity index (χ1v) is 5.07. The van der Waals surface area contributed by atoms with E-state index in [2.05, 4.69) is 10.1 Å². The van der Waals surface area contributed by atoms with Crippen LogP contribution in [0.5, 0.6) is 0 Å². The molecule has 2 aliphatic rings. The molecule has 0 aromatic carbocycles. The monoisotopic (exact) mass is 208 g/mol. The minimum Gasteiger partial charge on any atom is -0.337 e. The number of nitrogens with zero attached hydrogens (tertiary/aromatic N) is 4. The number of hydrogen-bond donors (Lipinski definition) is 0. The zero-order valence-electron chi connectivity index (χ0n) is 8.46. The summed E-state index contributed by atoms with van der Waals surface area (Å²) in [6.45, 7) is 0.780. The van der Waals surface area contributed by atoms with E-state index in [0.717, 1.165) is 19.4 Å². The number of likely N-dealkylation sites (N-methyl/N-ethyl adjacent to an activating group) is 1. The molecule has 2 atom stereocenters. The van der Waals surface area contributed by atoms with Gasteiger partial charge in [-0.25, -0.2) is 4.79 Å². The normalized spacial score (nSPS) is 30.1. The maximum Gasteiger partial charge on any atom is 0.320 e. The average molecular weight is 208 g/mol. The van der Waals surface area contributed by atoms with Crippen LogP contribution < -0.4 is 0 Å². The van der Waals surface area contributed by atoms with E-state index < -0.39 is 0 Å². The van der Waals surface area contributed by atoms with Gasteiger partial charge in [0.05, 0.1) is 6.04 Å². The van der Waals surface area contributed by atoms with Crippen molar-refractivity contribution in [3.8, 4) is 0 Å². The summed E-state index contributed by atoms with van der Waals surface area (Å²) in [6, 6.07) is 0.401. The van der Waals surface area contributed by atoms with E-state index in [9.17, 15) is 4.79 Å². The first-order valence-electron chi connectivity index (χ1n) is 5.07. The molecule has 0 aliphatic carbocycles. The number of aromatic nitrogens is 2. The molecular weight excluding hydrogens is 196 g/mol. The first-order chi connectivity index (χ1) is 7.27. The molecule has 15 heavy (non-hydrogen) atoms. The lowest BCUT2D eigenvalue weighted by molar-refractivity contribution is 0.161. The molecule has 1 aromatic heterocycles. The Morgan fingerprint density at radius 2 is 2.40 bits per heavy atom. The molecule has 0 N–H and O–H groups in total. The lowest BCUT2D eigenvalue weighted by Crippen LogP contribution is -2.34. The van der Waals surface area contributed by atoms with Gasteiger partial charge in [0.1, 0.15) is 6.04 Å². The summed E-state index contributed by atoms with van der Waals surface area (Å²) < 4.78 is 5.03. The molecule has 1 aromatic rings. The second-order valence-corrected chi connectivity index (χ2v) is 4.07. The number of carbonyl (C=O) groups excluding carboxylic acids is 1. The maximum atomic E-state index is 11.9. The van der Waals surface area contributed by atoms with Crippen LogP contribution in [-0.2, 0) is 0 Å². The third-order valence-electron chi connectivity index (χ3n) is 3.32. The van der Waals surface area contributed by atoms with Crippen LogP contribution in [0.4, 0.5) is 4.79 Å². The van der Waals surface area contributed by atoms with Crippen LogP contribution in [0.3, 0.4) is 0 Å². The van der Waals surface area contributed by atoms with Gasteiger partial charge in [-0.1, -0.05) is 5.16 Å². The third-order valence-corrected chi connectivity index (χ3v) is 3.32. The van der Waals surface area contributed by atoms with Crippen molar-refractivity contribution < 1.29 is 9.32 Å². The third kappa shape index (κ3) is 1.14. The van der Waals surface area contributed by atoms with Crippen LogP contribution in [0.2, 0.25) is 0 Å². The molecule has 2 aliphatic heterocycles. The molecule has 6 heteroatoms. The van der Waals surface area contributed by atoms with Gasteiger partial charge in [-0.2, -0.15) is 4.98 Å². The average Bonchev–Trinajstić information content (AvgIpc) is 2.85. The van der Waals surface area contributed by atoms with Crippen molar-refractivity contribution in [1.82, 2.24) is 19.9 Å². The van der Waals surface area contributed by atoms with Crippen LogP contribution in [0, 0.1) is 0 Å². The summed E-state index contributed by atoms with van der Waals surface area (Å²) >= 11 is 0. The fourth-order valence-electron chi connectivity index (χ4n) is 2.42. The van der Waals surface area contributed by atoms with E-state index in [1.807, 2.05) is 11.9 Å². The zero-order chi connectivity index (χ0) is 10.4. The van der Waals surface area contributed by atoms with Crippen LogP contribution >= 0.6 is 0 Å². The van der Waals surface area contributed by atoms with Gasteiger partial charge in [0.15, 0.2) is 6.33 Å². The fourth-order valence-corrected chi connectivity index (χ4v) is 2.42. The van der Waals surface area contributed by atoms with Crippen LogP contribution in [0.25, 0.3) is 0 Å². The molecule has 0 unspecified atom stereocenters. The summed E-state index contributed by atoms with van der Waals surface area (Å²) in [7, 11) is 1.85. The zero-order valence-corrected chi connectivity index (χ0v) is 8.46. The lowest BCUT2D eigenvalue weighted by atomic mass is 10.0. The molecule has 3 rings (SSSR count). The molecule has 3 heterocycles. The molecule has 2 fully saturated rings. The summed E-state index contributed by atoms with van der Waals surface area (Å²) in [6.07, 6.45) is 3.29. The van der Waals surface area contributed by atoms with Crippen molar-refractivity contribution in [2.45, 2.75) is 24.9 Å². The van der Waals surface area contributed by atoms with E-state index in [-0.39, 0.29) is 12.1 Å². The number of amides is 2. The van der Waals surface area contributed by atoms with Gasteiger partial charge in [-0.15, -0.1) is 0 Å². The summed E-state index contributed by atoms with van der Waals surface area (Å²) in [5.74, 6) is 0.553. The molecule has 6 nitrogen and oxygen atoms in total. The minimum absolute atomic E-state index is 0.0267. The van der Waals surface area contributed by atoms with Crippen molar-refractivity contribution >= 4 is 6.03 Å². The quantitative estimate of drug-likeness (QED) is 0.679. The topological polar surface area (TPSA) is 62.5 Å². The highest BCUT2D eigenvalue weighted by molar-refractivity contribution is 5.77. The predicted octanol–water partition coefficient (Wildman–Crippen LogP) is 0.641. The second-order valence-electron chi connectivity index (χ2n) is 4.07. The first kappa shape index (κ1) is 8.70. The minimum atomic E-state index is -0.0267. The number of carbonyl (C=O) groups is 1. The van der Waals surface area contributed by atoms with Crippen molar-refractivity contribution in [2.24, 2.45) is 0 Å². The smallest absolute Gasteiger partial charge is 0.320 e. The molecule has 0 spiro atoms. The number of piperidine rings is 1. The second kappa shape index (κ2) is 2.95. The van der Waals surface area contributed by atoms with E-state index >= 15 is 0 Å². The SMILES string of the molecule is CN1C(=O)N2C[C@H]1CC[C@H]2c1ncno1. The molecule has 2 amide bonds. The van der Waals surface area contributed by atoms with Gasteiger partial charge in [0, 0.05) is 13.6 Å². The standard InChI is InChI=1S/C9H12N4O2/c1-12-6-2-3-7(8-10-5-11-15-8)13(4-6)9(12)14/h5-7H,2-4H2,1H3/t6-,7+/m1/s1. The van der Waals surface area contributed by atoms with Gasteiger partial charge in [0.2, 0.25) is 5.89 Å². The Kier molecular flexibility index (Phi) is 1.71. The molecule has 0 radical (unpaired) electrons. The number of fused-ring (bicyclic) bond motifs is 2. The Bertz CT molecular complexity index is 377. The Balaban J connectivity index is 1.91. The van der Waals surface area contributed by atoms with E-state index in [1.54, 1.807) is 4.90 Å². The van der Waals surface area contributed by atoms with Crippen LogP contribution in [0.1, 0.15) is 24.8 Å². The molecule has 80 valence electrons. The van der Waals surface area contributed by atoms with Crippen molar-refractivity contribution in [2.75, 3.05) is 13.6 Å². The summed E-state index contributed by atoms with van der Waals surface area (Å²) in [5, 5.41) is 3.59. The van der Waals surface area contributed by atoms with Crippen LogP contribution in [0.15, 0.2) is 10.9 Å². The highest BCUT2D eigenvalue weighted by Gasteiger charge is 2.44. The molecule has 2 saturated heterocycles. The van der Waals surface area contributed by atoms with Gasteiger partial charge < -0.3 is 14.3 Å². The number of rotatable bonds is 1. The highest BCUT2D eigenvalue weighted by Crippen LogP contribution is 2.36. The van der Waals surface area contributed by atoms with Gasteiger partial charge in [-0.3, -0.25) is 0 Å².